The predicted molar refractivity (Wildman–Crippen MR) is 76.3 cm³/mol. The van der Waals surface area contributed by atoms with E-state index >= 15 is 0 Å². The number of anilines is 2. The Labute approximate surface area is 116 Å². The summed E-state index contributed by atoms with van der Waals surface area (Å²) in [7, 11) is 1.78. The van der Waals surface area contributed by atoms with Gasteiger partial charge >= 0.3 is 5.97 Å². The average molecular weight is 274 g/mol. The molecule has 2 aromatic rings. The van der Waals surface area contributed by atoms with E-state index in [-0.39, 0.29) is 11.4 Å². The number of carboxylic acids is 1. The number of aromatic carboxylic acids is 1. The van der Waals surface area contributed by atoms with Gasteiger partial charge in [-0.15, -0.1) is 0 Å². The lowest BCUT2D eigenvalue weighted by Gasteiger charge is -2.21. The lowest BCUT2D eigenvalue weighted by atomic mass is 10.1. The highest BCUT2D eigenvalue weighted by molar-refractivity contribution is 5.95. The van der Waals surface area contributed by atoms with Gasteiger partial charge < -0.3 is 15.7 Å². The summed E-state index contributed by atoms with van der Waals surface area (Å²) in [6, 6.07) is 10.9. The summed E-state index contributed by atoms with van der Waals surface area (Å²) in [6.07, 6.45) is 0. The van der Waals surface area contributed by atoms with Crippen LogP contribution >= 0.6 is 0 Å². The fourth-order valence-electron chi connectivity index (χ4n) is 2.01. The second-order valence-corrected chi connectivity index (χ2v) is 4.56. The lowest BCUT2D eigenvalue weighted by molar-refractivity contribution is 0.0697. The van der Waals surface area contributed by atoms with Crippen LogP contribution in [0.4, 0.5) is 15.8 Å². The number of nitrogen functional groups attached to an aromatic ring is 1. The zero-order chi connectivity index (χ0) is 14.7. The zero-order valence-corrected chi connectivity index (χ0v) is 11.0. The smallest absolute Gasteiger partial charge is 0.337 e. The van der Waals surface area contributed by atoms with E-state index in [0.717, 1.165) is 5.56 Å². The maximum atomic E-state index is 12.9. The molecule has 3 N–H and O–H groups in total. The van der Waals surface area contributed by atoms with Gasteiger partial charge in [0.15, 0.2) is 0 Å². The highest BCUT2D eigenvalue weighted by Gasteiger charge is 2.14. The van der Waals surface area contributed by atoms with E-state index in [1.165, 1.54) is 18.2 Å². The topological polar surface area (TPSA) is 66.6 Å². The fraction of sp³-hybridized carbons (Fsp3) is 0.133. The molecule has 5 heteroatoms. The summed E-state index contributed by atoms with van der Waals surface area (Å²) in [6.45, 7) is 0.477. The Bertz CT molecular complexity index is 626. The Hall–Kier alpha value is -2.56. The molecule has 0 saturated carbocycles. The van der Waals surface area contributed by atoms with Crippen LogP contribution in [0.1, 0.15) is 15.9 Å². The summed E-state index contributed by atoms with van der Waals surface area (Å²) >= 11 is 0. The minimum Gasteiger partial charge on any atom is -0.478 e. The molecule has 0 spiro atoms. The molecule has 0 unspecified atom stereocenters. The average Bonchev–Trinajstić information content (AvgIpc) is 2.41. The summed E-state index contributed by atoms with van der Waals surface area (Å²) < 4.78 is 12.9. The third-order valence-electron chi connectivity index (χ3n) is 3.00. The summed E-state index contributed by atoms with van der Waals surface area (Å²) in [5, 5.41) is 9.21. The van der Waals surface area contributed by atoms with Gasteiger partial charge in [-0.05, 0) is 35.9 Å². The maximum Gasteiger partial charge on any atom is 0.337 e. The molecule has 0 aliphatic heterocycles. The van der Waals surface area contributed by atoms with Gasteiger partial charge in [-0.3, -0.25) is 0 Å². The number of nitrogens with zero attached hydrogens (tertiary/aromatic N) is 1. The Kier molecular flexibility index (Phi) is 3.89. The van der Waals surface area contributed by atoms with Crippen LogP contribution in [0.15, 0.2) is 42.5 Å². The Balaban J connectivity index is 2.27. The predicted octanol–water partition coefficient (Wildman–Crippen LogP) is 2.74. The number of carbonyl (C=O) groups is 1. The SMILES string of the molecule is CN(Cc1ccc(F)cc1)c1ccc(N)cc1C(=O)O. The molecule has 0 bridgehead atoms. The second-order valence-electron chi connectivity index (χ2n) is 4.56. The van der Waals surface area contributed by atoms with Gasteiger partial charge in [-0.1, -0.05) is 12.1 Å². The first-order chi connectivity index (χ1) is 9.47. The quantitative estimate of drug-likeness (QED) is 0.841. The number of carboxylic acid groups (broad SMARTS) is 1. The molecule has 104 valence electrons. The Morgan fingerprint density at radius 2 is 1.90 bits per heavy atom. The molecular weight excluding hydrogens is 259 g/mol. The maximum absolute atomic E-state index is 12.9. The van der Waals surface area contributed by atoms with Gasteiger partial charge in [0.1, 0.15) is 5.82 Å². The van der Waals surface area contributed by atoms with Gasteiger partial charge in [0.05, 0.1) is 11.3 Å². The zero-order valence-electron chi connectivity index (χ0n) is 11.0. The minimum atomic E-state index is -1.03. The molecule has 2 aromatic carbocycles. The molecule has 0 saturated heterocycles. The van der Waals surface area contributed by atoms with Crippen molar-refractivity contribution in [2.24, 2.45) is 0 Å². The van der Waals surface area contributed by atoms with E-state index in [1.54, 1.807) is 36.2 Å². The van der Waals surface area contributed by atoms with Gasteiger partial charge in [0, 0.05) is 19.3 Å². The van der Waals surface area contributed by atoms with Crippen molar-refractivity contribution in [1.29, 1.82) is 0 Å². The summed E-state index contributed by atoms with van der Waals surface area (Å²) in [5.41, 5.74) is 7.62. The van der Waals surface area contributed by atoms with Gasteiger partial charge in [-0.2, -0.15) is 0 Å². The van der Waals surface area contributed by atoms with Crippen molar-refractivity contribution in [2.75, 3.05) is 17.7 Å². The number of benzene rings is 2. The van der Waals surface area contributed by atoms with Crippen LogP contribution in [0.2, 0.25) is 0 Å². The van der Waals surface area contributed by atoms with Crippen LogP contribution in [-0.2, 0) is 6.54 Å². The van der Waals surface area contributed by atoms with Crippen LogP contribution in [-0.4, -0.2) is 18.1 Å². The van der Waals surface area contributed by atoms with E-state index in [4.69, 9.17) is 5.73 Å². The molecule has 0 heterocycles. The second kappa shape index (κ2) is 5.61. The van der Waals surface area contributed by atoms with Gasteiger partial charge in [-0.25, -0.2) is 9.18 Å². The van der Waals surface area contributed by atoms with Crippen LogP contribution in [0.25, 0.3) is 0 Å². The molecule has 0 aromatic heterocycles. The molecule has 0 fully saturated rings. The highest BCUT2D eigenvalue weighted by atomic mass is 19.1. The van der Waals surface area contributed by atoms with E-state index in [2.05, 4.69) is 0 Å². The molecule has 0 aliphatic rings. The molecule has 2 rings (SSSR count). The first kappa shape index (κ1) is 13.9. The standard InChI is InChI=1S/C15H15FN2O2/c1-18(9-10-2-4-11(16)5-3-10)14-7-6-12(17)8-13(14)15(19)20/h2-8H,9,17H2,1H3,(H,19,20). The molecule has 20 heavy (non-hydrogen) atoms. The molecule has 0 atom stereocenters. The number of nitrogens with two attached hydrogens (primary N) is 1. The largest absolute Gasteiger partial charge is 0.478 e. The minimum absolute atomic E-state index is 0.148. The van der Waals surface area contributed by atoms with Crippen molar-refractivity contribution >= 4 is 17.3 Å². The van der Waals surface area contributed by atoms with Crippen molar-refractivity contribution < 1.29 is 14.3 Å². The van der Waals surface area contributed by atoms with Crippen molar-refractivity contribution in [1.82, 2.24) is 0 Å². The van der Waals surface area contributed by atoms with Gasteiger partial charge in [0.25, 0.3) is 0 Å². The van der Waals surface area contributed by atoms with E-state index in [9.17, 15) is 14.3 Å². The van der Waals surface area contributed by atoms with Crippen LogP contribution in [0.5, 0.6) is 0 Å². The first-order valence-electron chi connectivity index (χ1n) is 6.06. The van der Waals surface area contributed by atoms with Crippen LogP contribution in [0, 0.1) is 5.82 Å². The highest BCUT2D eigenvalue weighted by Crippen LogP contribution is 2.23. The molecule has 0 amide bonds. The van der Waals surface area contributed by atoms with E-state index < -0.39 is 5.97 Å². The number of hydrogen-bond donors (Lipinski definition) is 2. The number of hydrogen-bond acceptors (Lipinski definition) is 3. The van der Waals surface area contributed by atoms with Gasteiger partial charge in [0.2, 0.25) is 0 Å². The van der Waals surface area contributed by atoms with Crippen molar-refractivity contribution in [3.63, 3.8) is 0 Å². The molecule has 4 nitrogen and oxygen atoms in total. The molecular formula is C15H15FN2O2. The first-order valence-corrected chi connectivity index (χ1v) is 6.06. The third kappa shape index (κ3) is 3.06. The third-order valence-corrected chi connectivity index (χ3v) is 3.00. The van der Waals surface area contributed by atoms with Crippen LogP contribution < -0.4 is 10.6 Å². The Morgan fingerprint density at radius 1 is 1.25 bits per heavy atom. The fourth-order valence-corrected chi connectivity index (χ4v) is 2.01. The van der Waals surface area contributed by atoms with E-state index in [1.807, 2.05) is 0 Å². The van der Waals surface area contributed by atoms with E-state index in [0.29, 0.717) is 17.9 Å². The molecule has 0 aliphatic carbocycles. The van der Waals surface area contributed by atoms with Crippen LogP contribution in [0.3, 0.4) is 0 Å². The summed E-state index contributed by atoms with van der Waals surface area (Å²) in [5.74, 6) is -1.33. The monoisotopic (exact) mass is 274 g/mol. The van der Waals surface area contributed by atoms with Crippen molar-refractivity contribution in [3.8, 4) is 0 Å². The number of rotatable bonds is 4. The van der Waals surface area contributed by atoms with Crippen molar-refractivity contribution in [3.05, 3.63) is 59.4 Å². The lowest BCUT2D eigenvalue weighted by Crippen LogP contribution is -2.19. The normalized spacial score (nSPS) is 10.3. The summed E-state index contributed by atoms with van der Waals surface area (Å²) in [4.78, 5) is 13.0. The van der Waals surface area contributed by atoms with Crippen molar-refractivity contribution in [2.45, 2.75) is 6.54 Å². The number of halogens is 1. The molecule has 0 radical (unpaired) electrons. The Morgan fingerprint density at radius 3 is 2.50 bits per heavy atom.